The lowest BCUT2D eigenvalue weighted by atomic mass is 10.2. The van der Waals surface area contributed by atoms with Gasteiger partial charge in [-0.15, -0.1) is 0 Å². The molecular formula is C9H12BrN. The van der Waals surface area contributed by atoms with Crippen LogP contribution in [-0.2, 0) is 0 Å². The highest BCUT2D eigenvalue weighted by Crippen LogP contribution is 2.19. The number of hydrogen-bond acceptors (Lipinski definition) is 1. The molecule has 0 saturated carbocycles. The Morgan fingerprint density at radius 2 is 2.36 bits per heavy atom. The maximum Gasteiger partial charge on any atom is 0.0373 e. The van der Waals surface area contributed by atoms with Gasteiger partial charge in [-0.25, -0.2) is 0 Å². The van der Waals surface area contributed by atoms with Crippen molar-refractivity contribution in [1.29, 1.82) is 0 Å². The Hall–Kier alpha value is -0.500. The maximum absolute atomic E-state index is 3.43. The van der Waals surface area contributed by atoms with Crippen molar-refractivity contribution in [2.24, 2.45) is 0 Å². The first-order valence-corrected chi connectivity index (χ1v) is 4.55. The van der Waals surface area contributed by atoms with E-state index in [-0.39, 0.29) is 0 Å². The standard InChI is InChI=1S/C9H12BrN/c1-3-9-7-8(10)5-6-11(9)4-2/h3,5-7H,4H2,1-2H3/b9-3-. The van der Waals surface area contributed by atoms with Crippen molar-refractivity contribution in [3.63, 3.8) is 0 Å². The van der Waals surface area contributed by atoms with E-state index in [0.29, 0.717) is 0 Å². The van der Waals surface area contributed by atoms with Gasteiger partial charge in [-0.3, -0.25) is 0 Å². The van der Waals surface area contributed by atoms with Crippen LogP contribution in [-0.4, -0.2) is 11.4 Å². The average Bonchev–Trinajstić information content (AvgIpc) is 2.04. The molecule has 1 nitrogen and oxygen atoms in total. The average molecular weight is 214 g/mol. The molecule has 1 aliphatic rings. The van der Waals surface area contributed by atoms with E-state index in [1.165, 1.54) is 5.70 Å². The molecule has 60 valence electrons. The van der Waals surface area contributed by atoms with Crippen molar-refractivity contribution >= 4 is 15.9 Å². The molecule has 0 aromatic carbocycles. The molecule has 0 radical (unpaired) electrons. The zero-order valence-electron chi connectivity index (χ0n) is 6.84. The Morgan fingerprint density at radius 3 is 2.91 bits per heavy atom. The van der Waals surface area contributed by atoms with Crippen molar-refractivity contribution in [2.45, 2.75) is 13.8 Å². The third-order valence-corrected chi connectivity index (χ3v) is 2.16. The van der Waals surface area contributed by atoms with Gasteiger partial charge in [0.25, 0.3) is 0 Å². The first kappa shape index (κ1) is 8.60. The number of nitrogens with zero attached hydrogens (tertiary/aromatic N) is 1. The van der Waals surface area contributed by atoms with Crippen LogP contribution in [0.3, 0.4) is 0 Å². The van der Waals surface area contributed by atoms with Crippen LogP contribution in [0.2, 0.25) is 0 Å². The van der Waals surface area contributed by atoms with E-state index >= 15 is 0 Å². The summed E-state index contributed by atoms with van der Waals surface area (Å²) in [4.78, 5) is 2.20. The summed E-state index contributed by atoms with van der Waals surface area (Å²) >= 11 is 3.43. The monoisotopic (exact) mass is 213 g/mol. The minimum Gasteiger partial charge on any atom is -0.348 e. The lowest BCUT2D eigenvalue weighted by Crippen LogP contribution is -2.16. The molecule has 0 unspecified atom stereocenters. The molecule has 0 saturated heterocycles. The summed E-state index contributed by atoms with van der Waals surface area (Å²) in [5.74, 6) is 0. The third-order valence-electron chi connectivity index (χ3n) is 1.67. The van der Waals surface area contributed by atoms with Gasteiger partial charge in [-0.2, -0.15) is 0 Å². The molecule has 0 N–H and O–H groups in total. The van der Waals surface area contributed by atoms with Crippen molar-refractivity contribution < 1.29 is 0 Å². The van der Waals surface area contributed by atoms with Crippen molar-refractivity contribution in [3.8, 4) is 0 Å². The Morgan fingerprint density at radius 1 is 1.64 bits per heavy atom. The van der Waals surface area contributed by atoms with E-state index < -0.39 is 0 Å². The van der Waals surface area contributed by atoms with Gasteiger partial charge in [0.1, 0.15) is 0 Å². The maximum atomic E-state index is 3.43. The summed E-state index contributed by atoms with van der Waals surface area (Å²) in [6.45, 7) is 5.21. The van der Waals surface area contributed by atoms with E-state index in [9.17, 15) is 0 Å². The molecule has 0 aliphatic carbocycles. The van der Waals surface area contributed by atoms with Crippen LogP contribution in [0.4, 0.5) is 0 Å². The van der Waals surface area contributed by atoms with Gasteiger partial charge in [0.05, 0.1) is 0 Å². The Bertz CT molecular complexity index is 226. The van der Waals surface area contributed by atoms with E-state index in [2.05, 4.69) is 52.2 Å². The molecule has 11 heavy (non-hydrogen) atoms. The highest BCUT2D eigenvalue weighted by molar-refractivity contribution is 9.11. The van der Waals surface area contributed by atoms with E-state index in [1.807, 2.05) is 6.92 Å². The predicted octanol–water partition coefficient (Wildman–Crippen LogP) is 3.02. The lowest BCUT2D eigenvalue weighted by Gasteiger charge is -2.22. The quantitative estimate of drug-likeness (QED) is 0.648. The van der Waals surface area contributed by atoms with Gasteiger partial charge >= 0.3 is 0 Å². The zero-order valence-corrected chi connectivity index (χ0v) is 8.43. The fraction of sp³-hybridized carbons (Fsp3) is 0.333. The first-order chi connectivity index (χ1) is 5.27. The third kappa shape index (κ3) is 1.96. The number of hydrogen-bond donors (Lipinski definition) is 0. The van der Waals surface area contributed by atoms with Crippen LogP contribution < -0.4 is 0 Å². The number of halogens is 1. The fourth-order valence-electron chi connectivity index (χ4n) is 1.06. The second-order valence-corrected chi connectivity index (χ2v) is 3.26. The summed E-state index contributed by atoms with van der Waals surface area (Å²) in [7, 11) is 0. The van der Waals surface area contributed by atoms with Crippen LogP contribution in [0, 0.1) is 0 Å². The summed E-state index contributed by atoms with van der Waals surface area (Å²) in [5, 5.41) is 0. The van der Waals surface area contributed by atoms with Gasteiger partial charge in [-0.1, -0.05) is 22.0 Å². The molecule has 1 heterocycles. The van der Waals surface area contributed by atoms with Crippen LogP contribution in [0.1, 0.15) is 13.8 Å². The highest BCUT2D eigenvalue weighted by atomic mass is 79.9. The normalized spacial score (nSPS) is 20.8. The van der Waals surface area contributed by atoms with E-state index in [0.717, 1.165) is 11.0 Å². The summed E-state index contributed by atoms with van der Waals surface area (Å²) in [6, 6.07) is 0. The van der Waals surface area contributed by atoms with Crippen LogP contribution in [0.25, 0.3) is 0 Å². The second-order valence-electron chi connectivity index (χ2n) is 2.34. The van der Waals surface area contributed by atoms with E-state index in [4.69, 9.17) is 0 Å². The molecule has 2 heteroatoms. The molecule has 1 rings (SSSR count). The lowest BCUT2D eigenvalue weighted by molar-refractivity contribution is 0.502. The fourth-order valence-corrected chi connectivity index (χ4v) is 1.41. The number of allylic oxidation sites excluding steroid dienone is 4. The highest BCUT2D eigenvalue weighted by Gasteiger charge is 2.04. The summed E-state index contributed by atoms with van der Waals surface area (Å²) < 4.78 is 1.13. The molecule has 0 aromatic heterocycles. The van der Waals surface area contributed by atoms with Gasteiger partial charge in [0, 0.05) is 22.9 Å². The van der Waals surface area contributed by atoms with Crippen LogP contribution >= 0.6 is 15.9 Å². The summed E-state index contributed by atoms with van der Waals surface area (Å²) in [6.07, 6.45) is 8.35. The van der Waals surface area contributed by atoms with Crippen molar-refractivity contribution in [1.82, 2.24) is 4.90 Å². The van der Waals surface area contributed by atoms with Crippen LogP contribution in [0.15, 0.2) is 34.6 Å². The molecule has 1 aliphatic heterocycles. The van der Waals surface area contributed by atoms with Gasteiger partial charge in [0.2, 0.25) is 0 Å². The van der Waals surface area contributed by atoms with Crippen molar-refractivity contribution in [2.75, 3.05) is 6.54 Å². The van der Waals surface area contributed by atoms with Gasteiger partial charge < -0.3 is 4.90 Å². The number of likely N-dealkylation sites (N-methyl/N-ethyl adjacent to an activating group) is 1. The van der Waals surface area contributed by atoms with Gasteiger partial charge in [-0.05, 0) is 26.0 Å². The van der Waals surface area contributed by atoms with E-state index in [1.54, 1.807) is 0 Å². The molecule has 0 fully saturated rings. The largest absolute Gasteiger partial charge is 0.348 e. The minimum atomic E-state index is 1.02. The molecule has 0 atom stereocenters. The first-order valence-electron chi connectivity index (χ1n) is 3.76. The molecular weight excluding hydrogens is 202 g/mol. The summed E-state index contributed by atoms with van der Waals surface area (Å²) in [5.41, 5.74) is 1.25. The Kier molecular flexibility index (Phi) is 2.94. The molecule has 0 spiro atoms. The molecule has 0 amide bonds. The number of rotatable bonds is 1. The smallest absolute Gasteiger partial charge is 0.0373 e. The van der Waals surface area contributed by atoms with Gasteiger partial charge in [0.15, 0.2) is 0 Å². The van der Waals surface area contributed by atoms with Crippen LogP contribution in [0.5, 0.6) is 0 Å². The Balaban J connectivity index is 2.84. The Labute approximate surface area is 76.2 Å². The SMILES string of the molecule is C/C=C1/C=C(Br)C=CN1CC. The van der Waals surface area contributed by atoms with Crippen molar-refractivity contribution in [3.05, 3.63) is 34.6 Å². The topological polar surface area (TPSA) is 3.24 Å². The molecule has 0 aromatic rings. The zero-order chi connectivity index (χ0) is 8.27. The minimum absolute atomic E-state index is 1.02. The molecule has 0 bridgehead atoms. The second kappa shape index (κ2) is 3.77. The predicted molar refractivity (Wildman–Crippen MR) is 52.3 cm³/mol.